The largest absolute Gasteiger partial charge is 0.573 e. The standard InChI is InChI=1S/C14H20F3NO3/c1-10(9-20-3)18(2)8-13(19)11-4-6-12(7-5-11)21-14(15,16)17/h4-7,10,13,19H,8-9H2,1-3H3/t10-,13-/m1/s1. The van der Waals surface area contributed by atoms with Crippen molar-refractivity contribution in [3.8, 4) is 5.75 Å². The lowest BCUT2D eigenvalue weighted by molar-refractivity contribution is -0.274. The van der Waals surface area contributed by atoms with Gasteiger partial charge in [0, 0.05) is 19.7 Å². The van der Waals surface area contributed by atoms with Gasteiger partial charge < -0.3 is 14.6 Å². The summed E-state index contributed by atoms with van der Waals surface area (Å²) >= 11 is 0. The molecule has 0 aromatic heterocycles. The SMILES string of the molecule is COC[C@@H](C)N(C)C[C@@H](O)c1ccc(OC(F)(F)F)cc1. The van der Waals surface area contributed by atoms with Crippen LogP contribution in [-0.2, 0) is 4.74 Å². The third-order valence-electron chi connectivity index (χ3n) is 3.12. The highest BCUT2D eigenvalue weighted by Gasteiger charge is 2.31. The number of alkyl halides is 3. The Morgan fingerprint density at radius 1 is 1.24 bits per heavy atom. The summed E-state index contributed by atoms with van der Waals surface area (Å²) in [7, 11) is 3.44. The van der Waals surface area contributed by atoms with E-state index in [1.165, 1.54) is 24.3 Å². The number of hydrogen-bond acceptors (Lipinski definition) is 4. The zero-order valence-corrected chi connectivity index (χ0v) is 12.2. The van der Waals surface area contributed by atoms with Crippen LogP contribution >= 0.6 is 0 Å². The molecule has 0 aliphatic carbocycles. The molecule has 0 radical (unpaired) electrons. The molecular weight excluding hydrogens is 287 g/mol. The van der Waals surface area contributed by atoms with Crippen LogP contribution in [0.2, 0.25) is 0 Å². The van der Waals surface area contributed by atoms with E-state index in [4.69, 9.17) is 4.74 Å². The molecule has 1 aromatic carbocycles. The van der Waals surface area contributed by atoms with Gasteiger partial charge in [0.1, 0.15) is 5.75 Å². The van der Waals surface area contributed by atoms with Gasteiger partial charge in [-0.05, 0) is 31.7 Å². The summed E-state index contributed by atoms with van der Waals surface area (Å²) in [5, 5.41) is 10.1. The van der Waals surface area contributed by atoms with Gasteiger partial charge >= 0.3 is 6.36 Å². The predicted octanol–water partition coefficient (Wildman–Crippen LogP) is 2.59. The molecule has 2 atom stereocenters. The van der Waals surface area contributed by atoms with Gasteiger partial charge in [-0.1, -0.05) is 12.1 Å². The fraction of sp³-hybridized carbons (Fsp3) is 0.571. The van der Waals surface area contributed by atoms with Crippen LogP contribution in [0.4, 0.5) is 13.2 Å². The Labute approximate surface area is 122 Å². The zero-order valence-electron chi connectivity index (χ0n) is 12.2. The Balaban J connectivity index is 2.60. The smallest absolute Gasteiger partial charge is 0.406 e. The molecule has 0 aliphatic heterocycles. The number of ether oxygens (including phenoxy) is 2. The second kappa shape index (κ2) is 7.63. The maximum atomic E-state index is 12.0. The quantitative estimate of drug-likeness (QED) is 0.841. The average Bonchev–Trinajstić information content (AvgIpc) is 2.37. The van der Waals surface area contributed by atoms with Gasteiger partial charge in [0.15, 0.2) is 0 Å². The summed E-state index contributed by atoms with van der Waals surface area (Å²) in [6, 6.07) is 5.33. The Hall–Kier alpha value is -1.31. The highest BCUT2D eigenvalue weighted by molar-refractivity contribution is 5.28. The lowest BCUT2D eigenvalue weighted by atomic mass is 10.1. The van der Waals surface area contributed by atoms with Crippen molar-refractivity contribution < 1.29 is 27.8 Å². The monoisotopic (exact) mass is 307 g/mol. The summed E-state index contributed by atoms with van der Waals surface area (Å²) < 4.78 is 44.9. The number of halogens is 3. The third kappa shape index (κ3) is 6.33. The fourth-order valence-electron chi connectivity index (χ4n) is 1.82. The molecule has 0 amide bonds. The van der Waals surface area contributed by atoms with Gasteiger partial charge in [0.25, 0.3) is 0 Å². The molecule has 7 heteroatoms. The normalized spacial score (nSPS) is 15.0. The molecule has 0 bridgehead atoms. The third-order valence-corrected chi connectivity index (χ3v) is 3.12. The van der Waals surface area contributed by atoms with E-state index in [-0.39, 0.29) is 11.8 Å². The molecule has 0 fully saturated rings. The molecule has 1 aromatic rings. The van der Waals surface area contributed by atoms with Crippen molar-refractivity contribution in [2.75, 3.05) is 27.3 Å². The molecule has 0 saturated carbocycles. The zero-order chi connectivity index (χ0) is 16.0. The minimum atomic E-state index is -4.71. The van der Waals surface area contributed by atoms with E-state index in [0.29, 0.717) is 18.7 Å². The number of hydrogen-bond donors (Lipinski definition) is 1. The van der Waals surface area contributed by atoms with Crippen LogP contribution in [-0.4, -0.2) is 49.7 Å². The van der Waals surface area contributed by atoms with Crippen LogP contribution in [0.3, 0.4) is 0 Å². The van der Waals surface area contributed by atoms with Gasteiger partial charge in [-0.25, -0.2) is 0 Å². The number of nitrogens with zero attached hydrogens (tertiary/aromatic N) is 1. The van der Waals surface area contributed by atoms with Crippen molar-refractivity contribution in [2.24, 2.45) is 0 Å². The van der Waals surface area contributed by atoms with E-state index >= 15 is 0 Å². The number of aliphatic hydroxyl groups is 1. The number of aliphatic hydroxyl groups excluding tert-OH is 1. The Kier molecular flexibility index (Phi) is 6.44. The second-order valence-corrected chi connectivity index (χ2v) is 4.88. The molecule has 0 saturated heterocycles. The number of rotatable bonds is 7. The molecule has 120 valence electrons. The van der Waals surface area contributed by atoms with Crippen LogP contribution in [0.5, 0.6) is 5.75 Å². The second-order valence-electron chi connectivity index (χ2n) is 4.88. The van der Waals surface area contributed by atoms with Crippen molar-refractivity contribution >= 4 is 0 Å². The summed E-state index contributed by atoms with van der Waals surface area (Å²) in [4.78, 5) is 1.91. The first-order valence-corrected chi connectivity index (χ1v) is 6.46. The van der Waals surface area contributed by atoms with Gasteiger partial charge in [0.2, 0.25) is 0 Å². The van der Waals surface area contributed by atoms with E-state index < -0.39 is 12.5 Å². The maximum Gasteiger partial charge on any atom is 0.573 e. The highest BCUT2D eigenvalue weighted by Crippen LogP contribution is 2.24. The van der Waals surface area contributed by atoms with Gasteiger partial charge in [-0.15, -0.1) is 13.2 Å². The summed E-state index contributed by atoms with van der Waals surface area (Å²) in [5.74, 6) is -0.306. The van der Waals surface area contributed by atoms with Crippen molar-refractivity contribution in [1.82, 2.24) is 4.90 Å². The first-order chi connectivity index (χ1) is 9.73. The topological polar surface area (TPSA) is 41.9 Å². The molecule has 4 nitrogen and oxygen atoms in total. The maximum absolute atomic E-state index is 12.0. The van der Waals surface area contributed by atoms with Crippen molar-refractivity contribution in [2.45, 2.75) is 25.4 Å². The van der Waals surface area contributed by atoms with Crippen LogP contribution in [0.25, 0.3) is 0 Å². The Bertz CT molecular complexity index is 422. The Morgan fingerprint density at radius 3 is 2.29 bits per heavy atom. The molecule has 0 heterocycles. The summed E-state index contributed by atoms with van der Waals surface area (Å²) in [6.45, 7) is 2.84. The van der Waals surface area contributed by atoms with Crippen LogP contribution in [0.1, 0.15) is 18.6 Å². The predicted molar refractivity (Wildman–Crippen MR) is 72.1 cm³/mol. The van der Waals surface area contributed by atoms with E-state index in [9.17, 15) is 18.3 Å². The van der Waals surface area contributed by atoms with E-state index in [1.54, 1.807) is 7.11 Å². The molecule has 1 rings (SSSR count). The van der Waals surface area contributed by atoms with Crippen LogP contribution < -0.4 is 4.74 Å². The van der Waals surface area contributed by atoms with Crippen molar-refractivity contribution in [1.29, 1.82) is 0 Å². The van der Waals surface area contributed by atoms with E-state index in [2.05, 4.69) is 4.74 Å². The molecule has 21 heavy (non-hydrogen) atoms. The van der Waals surface area contributed by atoms with Gasteiger partial charge in [-0.2, -0.15) is 0 Å². The average molecular weight is 307 g/mol. The molecule has 0 unspecified atom stereocenters. The lowest BCUT2D eigenvalue weighted by Crippen LogP contribution is -2.35. The molecule has 1 N–H and O–H groups in total. The minimum Gasteiger partial charge on any atom is -0.406 e. The first kappa shape index (κ1) is 17.7. The van der Waals surface area contributed by atoms with Crippen molar-refractivity contribution in [3.63, 3.8) is 0 Å². The number of likely N-dealkylation sites (N-methyl/N-ethyl adjacent to an activating group) is 1. The number of methoxy groups -OCH3 is 1. The molecule has 0 spiro atoms. The number of benzene rings is 1. The van der Waals surface area contributed by atoms with Crippen LogP contribution in [0.15, 0.2) is 24.3 Å². The fourth-order valence-corrected chi connectivity index (χ4v) is 1.82. The summed E-state index contributed by atoms with van der Waals surface area (Å²) in [5.41, 5.74) is 0.529. The van der Waals surface area contributed by atoms with E-state index in [1.807, 2.05) is 18.9 Å². The molecule has 0 aliphatic rings. The summed E-state index contributed by atoms with van der Waals surface area (Å²) in [6.07, 6.45) is -5.51. The Morgan fingerprint density at radius 2 is 1.81 bits per heavy atom. The van der Waals surface area contributed by atoms with Crippen molar-refractivity contribution in [3.05, 3.63) is 29.8 Å². The van der Waals surface area contributed by atoms with Gasteiger partial charge in [0.05, 0.1) is 12.7 Å². The molecular formula is C14H20F3NO3. The van der Waals surface area contributed by atoms with Gasteiger partial charge in [-0.3, -0.25) is 4.90 Å². The minimum absolute atomic E-state index is 0.123. The lowest BCUT2D eigenvalue weighted by Gasteiger charge is -2.26. The van der Waals surface area contributed by atoms with Crippen LogP contribution in [0, 0.1) is 0 Å². The first-order valence-electron chi connectivity index (χ1n) is 6.46. The van der Waals surface area contributed by atoms with E-state index in [0.717, 1.165) is 0 Å². The highest BCUT2D eigenvalue weighted by atomic mass is 19.4.